The van der Waals surface area contributed by atoms with Gasteiger partial charge in [0.2, 0.25) is 0 Å². The quantitative estimate of drug-likeness (QED) is 0.505. The molecule has 1 saturated heterocycles. The highest BCUT2D eigenvalue weighted by atomic mass is 16.5. The molecule has 0 spiro atoms. The molecular formula is C15H28N2O2. The Morgan fingerprint density at radius 2 is 1.74 bits per heavy atom. The molecule has 1 fully saturated rings. The number of nitrogens with two attached hydrogens (primary N) is 1. The third-order valence-electron chi connectivity index (χ3n) is 3.28. The Labute approximate surface area is 117 Å². The summed E-state index contributed by atoms with van der Waals surface area (Å²) in [5.74, 6) is 5.71. The molecular weight excluding hydrogens is 240 g/mol. The fourth-order valence-corrected chi connectivity index (χ4v) is 2.17. The molecule has 4 heteroatoms. The first-order valence-corrected chi connectivity index (χ1v) is 7.38. The molecule has 1 rings (SSSR count). The number of ether oxygens (including phenoxy) is 2. The first-order chi connectivity index (χ1) is 9.33. The maximum Gasteiger partial charge on any atom is 0.0701 e. The Bertz CT molecular complexity index is 267. The molecule has 19 heavy (non-hydrogen) atoms. The second-order valence-electron chi connectivity index (χ2n) is 4.92. The Hall–Kier alpha value is -0.600. The number of nitrogens with zero attached hydrogens (tertiary/aromatic N) is 1. The van der Waals surface area contributed by atoms with Crippen LogP contribution < -0.4 is 5.73 Å². The fourth-order valence-electron chi connectivity index (χ4n) is 2.17. The van der Waals surface area contributed by atoms with E-state index in [1.807, 2.05) is 0 Å². The van der Waals surface area contributed by atoms with Gasteiger partial charge in [-0.1, -0.05) is 12.3 Å². The van der Waals surface area contributed by atoms with E-state index in [1.165, 1.54) is 32.4 Å². The minimum Gasteiger partial charge on any atom is -0.379 e. The summed E-state index contributed by atoms with van der Waals surface area (Å²) in [4.78, 5) is 2.48. The number of hydrogen-bond acceptors (Lipinski definition) is 4. The third-order valence-corrected chi connectivity index (χ3v) is 3.28. The van der Waals surface area contributed by atoms with Gasteiger partial charge in [-0.3, -0.25) is 0 Å². The molecule has 0 radical (unpaired) electrons. The topological polar surface area (TPSA) is 47.7 Å². The van der Waals surface area contributed by atoms with Crippen LogP contribution in [0.2, 0.25) is 0 Å². The Balaban J connectivity index is 1.81. The smallest absolute Gasteiger partial charge is 0.0701 e. The molecule has 1 aliphatic rings. The van der Waals surface area contributed by atoms with E-state index in [2.05, 4.69) is 16.7 Å². The Morgan fingerprint density at radius 1 is 1.05 bits per heavy atom. The maximum atomic E-state index is 5.74. The molecule has 1 unspecified atom stereocenters. The third kappa shape index (κ3) is 9.01. The molecule has 0 aromatic rings. The second-order valence-corrected chi connectivity index (χ2v) is 4.92. The van der Waals surface area contributed by atoms with Crippen LogP contribution in [0.25, 0.3) is 0 Å². The van der Waals surface area contributed by atoms with Crippen molar-refractivity contribution in [1.29, 1.82) is 0 Å². The van der Waals surface area contributed by atoms with Crippen LogP contribution in [0, 0.1) is 11.8 Å². The van der Waals surface area contributed by atoms with Crippen LogP contribution in [-0.4, -0.2) is 57.0 Å². The van der Waals surface area contributed by atoms with E-state index in [0.29, 0.717) is 19.8 Å². The number of hydrogen-bond donors (Lipinski definition) is 1. The van der Waals surface area contributed by atoms with Gasteiger partial charge in [-0.05, 0) is 39.3 Å². The van der Waals surface area contributed by atoms with Crippen molar-refractivity contribution in [2.45, 2.75) is 38.6 Å². The molecule has 1 aliphatic heterocycles. The van der Waals surface area contributed by atoms with Gasteiger partial charge in [-0.2, -0.15) is 0 Å². The van der Waals surface area contributed by atoms with E-state index in [0.717, 1.165) is 19.6 Å². The number of piperidine rings is 1. The van der Waals surface area contributed by atoms with Crippen molar-refractivity contribution in [2.75, 3.05) is 46.1 Å². The summed E-state index contributed by atoms with van der Waals surface area (Å²) in [6.45, 7) is 8.10. The highest BCUT2D eigenvalue weighted by Crippen LogP contribution is 2.07. The Morgan fingerprint density at radius 3 is 2.42 bits per heavy atom. The highest BCUT2D eigenvalue weighted by molar-refractivity contribution is 5.03. The lowest BCUT2D eigenvalue weighted by Gasteiger charge is -2.26. The normalized spacial score (nSPS) is 17.8. The average Bonchev–Trinajstić information content (AvgIpc) is 2.43. The standard InChI is InChI=1S/C15H28N2O2/c1-2-6-15(16)7-11-18-13-14-19-12-10-17-8-4-3-5-9-17/h15H,3-5,7-14,16H2,1H3. The zero-order valence-electron chi connectivity index (χ0n) is 12.2. The van der Waals surface area contributed by atoms with Crippen LogP contribution in [0.4, 0.5) is 0 Å². The van der Waals surface area contributed by atoms with E-state index in [1.54, 1.807) is 6.92 Å². The van der Waals surface area contributed by atoms with Crippen LogP contribution in [0.3, 0.4) is 0 Å². The summed E-state index contributed by atoms with van der Waals surface area (Å²) in [5.41, 5.74) is 5.74. The molecule has 4 nitrogen and oxygen atoms in total. The predicted octanol–water partition coefficient (Wildman–Crippen LogP) is 1.25. The zero-order valence-corrected chi connectivity index (χ0v) is 12.2. The van der Waals surface area contributed by atoms with Crippen molar-refractivity contribution in [3.8, 4) is 11.8 Å². The van der Waals surface area contributed by atoms with Crippen molar-refractivity contribution >= 4 is 0 Å². The van der Waals surface area contributed by atoms with Gasteiger partial charge in [0.05, 0.1) is 25.9 Å². The van der Waals surface area contributed by atoms with E-state index in [-0.39, 0.29) is 6.04 Å². The molecule has 0 aromatic carbocycles. The summed E-state index contributed by atoms with van der Waals surface area (Å²) in [5, 5.41) is 0. The van der Waals surface area contributed by atoms with Crippen molar-refractivity contribution < 1.29 is 9.47 Å². The van der Waals surface area contributed by atoms with Crippen molar-refractivity contribution in [3.05, 3.63) is 0 Å². The first-order valence-electron chi connectivity index (χ1n) is 7.38. The lowest BCUT2D eigenvalue weighted by Crippen LogP contribution is -2.32. The molecule has 1 heterocycles. The molecule has 0 aliphatic carbocycles. The van der Waals surface area contributed by atoms with Gasteiger partial charge in [0.1, 0.15) is 0 Å². The fraction of sp³-hybridized carbons (Fsp3) is 0.867. The minimum absolute atomic E-state index is 0.0648. The largest absolute Gasteiger partial charge is 0.379 e. The van der Waals surface area contributed by atoms with Crippen LogP contribution in [0.5, 0.6) is 0 Å². The van der Waals surface area contributed by atoms with Crippen molar-refractivity contribution in [2.24, 2.45) is 5.73 Å². The number of rotatable bonds is 9. The van der Waals surface area contributed by atoms with Gasteiger partial charge in [-0.25, -0.2) is 0 Å². The van der Waals surface area contributed by atoms with Crippen LogP contribution in [0.1, 0.15) is 32.6 Å². The molecule has 1 atom stereocenters. The van der Waals surface area contributed by atoms with E-state index in [9.17, 15) is 0 Å². The second kappa shape index (κ2) is 11.2. The van der Waals surface area contributed by atoms with Gasteiger partial charge >= 0.3 is 0 Å². The van der Waals surface area contributed by atoms with E-state index in [4.69, 9.17) is 15.2 Å². The van der Waals surface area contributed by atoms with Gasteiger partial charge in [0.25, 0.3) is 0 Å². The van der Waals surface area contributed by atoms with E-state index >= 15 is 0 Å². The molecule has 0 aromatic heterocycles. The lowest BCUT2D eigenvalue weighted by molar-refractivity contribution is 0.0356. The van der Waals surface area contributed by atoms with Crippen LogP contribution >= 0.6 is 0 Å². The highest BCUT2D eigenvalue weighted by Gasteiger charge is 2.08. The summed E-state index contributed by atoms with van der Waals surface area (Å²) in [7, 11) is 0. The summed E-state index contributed by atoms with van der Waals surface area (Å²) in [6.07, 6.45) is 4.85. The predicted molar refractivity (Wildman–Crippen MR) is 78.0 cm³/mol. The molecule has 0 saturated carbocycles. The van der Waals surface area contributed by atoms with Gasteiger partial charge < -0.3 is 20.1 Å². The van der Waals surface area contributed by atoms with Gasteiger partial charge in [-0.15, -0.1) is 5.92 Å². The van der Waals surface area contributed by atoms with E-state index < -0.39 is 0 Å². The zero-order chi connectivity index (χ0) is 13.8. The van der Waals surface area contributed by atoms with Crippen LogP contribution in [-0.2, 0) is 9.47 Å². The number of likely N-dealkylation sites (tertiary alicyclic amines) is 1. The van der Waals surface area contributed by atoms with Crippen molar-refractivity contribution in [3.63, 3.8) is 0 Å². The molecule has 2 N–H and O–H groups in total. The summed E-state index contributed by atoms with van der Waals surface area (Å²) in [6, 6.07) is -0.0648. The molecule has 110 valence electrons. The van der Waals surface area contributed by atoms with Gasteiger partial charge in [0.15, 0.2) is 0 Å². The van der Waals surface area contributed by atoms with Gasteiger partial charge in [0, 0.05) is 13.2 Å². The molecule has 0 bridgehead atoms. The lowest BCUT2D eigenvalue weighted by atomic mass is 10.1. The minimum atomic E-state index is -0.0648. The summed E-state index contributed by atoms with van der Waals surface area (Å²) < 4.78 is 11.0. The monoisotopic (exact) mass is 268 g/mol. The van der Waals surface area contributed by atoms with Crippen molar-refractivity contribution in [1.82, 2.24) is 4.90 Å². The van der Waals surface area contributed by atoms with Crippen LogP contribution in [0.15, 0.2) is 0 Å². The first kappa shape index (κ1) is 16.5. The SMILES string of the molecule is CC#CC(N)CCOCCOCCN1CCCCC1. The average molecular weight is 268 g/mol. The maximum absolute atomic E-state index is 5.74. The summed E-state index contributed by atoms with van der Waals surface area (Å²) >= 11 is 0. The Kier molecular flexibility index (Phi) is 9.74. The molecule has 0 amide bonds.